The first-order valence-corrected chi connectivity index (χ1v) is 24.4. The van der Waals surface area contributed by atoms with E-state index in [4.69, 9.17) is 37.9 Å². The van der Waals surface area contributed by atoms with Crippen molar-refractivity contribution in [3.8, 4) is 46.0 Å². The summed E-state index contributed by atoms with van der Waals surface area (Å²) >= 11 is 0. The van der Waals surface area contributed by atoms with E-state index in [0.29, 0.717) is 79.4 Å². The second-order valence-electron chi connectivity index (χ2n) is 16.1. The first-order valence-electron chi connectivity index (χ1n) is 22.8. The summed E-state index contributed by atoms with van der Waals surface area (Å²) in [7, 11) is 2.11. The topological polar surface area (TPSA) is 108 Å². The van der Waals surface area contributed by atoms with Gasteiger partial charge in [0, 0.05) is 44.2 Å². The zero-order valence-electron chi connectivity index (χ0n) is 39.9. The van der Waals surface area contributed by atoms with Crippen molar-refractivity contribution in [3.05, 3.63) is 249 Å². The number of hydrogen-bond acceptors (Lipinski definition) is 10. The van der Waals surface area contributed by atoms with Gasteiger partial charge in [-0.25, -0.2) is 8.42 Å². The van der Waals surface area contributed by atoms with Gasteiger partial charge in [0.15, 0.2) is 32.8 Å². The molecule has 0 unspecified atom stereocenters. The van der Waals surface area contributed by atoms with Crippen LogP contribution in [-0.4, -0.2) is 36.9 Å². The molecule has 0 radical (unpaired) electrons. The number of ether oxygens (including phenoxy) is 8. The Hall–Kier alpha value is -8.41. The summed E-state index contributed by atoms with van der Waals surface area (Å²) < 4.78 is 79.3. The molecule has 11 heteroatoms. The number of benzene rings is 8. The average molecular weight is 967 g/mol. The van der Waals surface area contributed by atoms with Gasteiger partial charge in [0.25, 0.3) is 0 Å². The smallest absolute Gasteiger partial charge is 0.194 e. The van der Waals surface area contributed by atoms with Gasteiger partial charge in [-0.05, 0) is 70.8 Å². The van der Waals surface area contributed by atoms with Crippen molar-refractivity contribution < 1.29 is 46.3 Å². The Morgan fingerprint density at radius 3 is 1.13 bits per heavy atom. The standard InChI is InChI=1S/C60H54O10S/c1-63-49-31-33-55(65-3)47(35-49)39-67-57-29-17-27-51(59(57)69-37-43-19-9-5-10-20-43)53(45-23-13-7-14-24-45)41-71(61,62)42-54(46-25-15-8-16-26-46)52-28-18-30-58(60(52)70-38-44-21-11-6-12-22-44)68-40-48-36-50(64-2)32-34-56(48)66-4/h5-36,41-42H,37-40H2,1-4H3. The highest BCUT2D eigenvalue weighted by molar-refractivity contribution is 7.97. The third-order valence-electron chi connectivity index (χ3n) is 11.5. The molecule has 10 nitrogen and oxygen atoms in total. The molecule has 0 aliphatic carbocycles. The molecule has 0 saturated carbocycles. The van der Waals surface area contributed by atoms with Crippen molar-refractivity contribution >= 4 is 21.0 Å². The lowest BCUT2D eigenvalue weighted by Gasteiger charge is -2.20. The zero-order valence-corrected chi connectivity index (χ0v) is 40.8. The lowest BCUT2D eigenvalue weighted by Crippen LogP contribution is -2.06. The average Bonchev–Trinajstić information content (AvgIpc) is 3.42. The minimum Gasteiger partial charge on any atom is -0.497 e. The molecule has 0 aliphatic heterocycles. The molecule has 8 aromatic carbocycles. The molecule has 8 rings (SSSR count). The zero-order chi connectivity index (χ0) is 49.4. The maximum atomic E-state index is 15.2. The number of methoxy groups -OCH3 is 4. The lowest BCUT2D eigenvalue weighted by atomic mass is 9.98. The minimum absolute atomic E-state index is 0.0991. The molecule has 0 spiro atoms. The largest absolute Gasteiger partial charge is 0.497 e. The Balaban J connectivity index is 1.26. The van der Waals surface area contributed by atoms with E-state index < -0.39 is 9.84 Å². The minimum atomic E-state index is -4.29. The summed E-state index contributed by atoms with van der Waals surface area (Å²) in [5.74, 6) is 4.02. The monoisotopic (exact) mass is 966 g/mol. The van der Waals surface area contributed by atoms with Crippen molar-refractivity contribution in [2.24, 2.45) is 0 Å². The number of hydrogen-bond donors (Lipinski definition) is 0. The Morgan fingerprint density at radius 1 is 0.380 bits per heavy atom. The number of sulfone groups is 1. The summed E-state index contributed by atoms with van der Waals surface area (Å²) in [6, 6.07) is 60.1. The Bertz CT molecular complexity index is 2980. The molecule has 0 aliphatic rings. The van der Waals surface area contributed by atoms with Crippen molar-refractivity contribution in [1.29, 1.82) is 0 Å². The Labute approximate surface area is 415 Å². The predicted octanol–water partition coefficient (Wildman–Crippen LogP) is 12.9. The fourth-order valence-electron chi connectivity index (χ4n) is 7.91. The highest BCUT2D eigenvalue weighted by Crippen LogP contribution is 2.43. The van der Waals surface area contributed by atoms with Gasteiger partial charge in [0.2, 0.25) is 0 Å². The first-order chi connectivity index (χ1) is 34.7. The quantitative estimate of drug-likeness (QED) is 0.0651. The molecule has 0 atom stereocenters. The van der Waals surface area contributed by atoms with E-state index in [1.807, 2.05) is 182 Å². The van der Waals surface area contributed by atoms with Gasteiger partial charge in [0.05, 0.1) is 28.4 Å². The van der Waals surface area contributed by atoms with Crippen LogP contribution in [0.5, 0.6) is 46.0 Å². The van der Waals surface area contributed by atoms with Crippen molar-refractivity contribution in [1.82, 2.24) is 0 Å². The van der Waals surface area contributed by atoms with Gasteiger partial charge >= 0.3 is 0 Å². The van der Waals surface area contributed by atoms with Crippen LogP contribution < -0.4 is 37.9 Å². The maximum absolute atomic E-state index is 15.2. The molecule has 0 heterocycles. The summed E-state index contributed by atoms with van der Waals surface area (Å²) in [4.78, 5) is 0. The predicted molar refractivity (Wildman–Crippen MR) is 278 cm³/mol. The van der Waals surface area contributed by atoms with E-state index in [0.717, 1.165) is 22.3 Å². The van der Waals surface area contributed by atoms with Crippen molar-refractivity contribution in [2.45, 2.75) is 26.4 Å². The van der Waals surface area contributed by atoms with Gasteiger partial charge < -0.3 is 37.9 Å². The molecule has 0 saturated heterocycles. The number of para-hydroxylation sites is 2. The SMILES string of the molecule is COc1ccc(OC)c(COc2cccc(C(=CS(=O)(=O)C=C(c3ccccc3)c3cccc(OCc4cc(OC)ccc4OC)c3OCc3ccccc3)c3ccccc3)c2OCc2ccccc2)c1. The van der Waals surface area contributed by atoms with E-state index in [2.05, 4.69) is 0 Å². The second kappa shape index (κ2) is 23.7. The first kappa shape index (κ1) is 49.0. The molecular weight excluding hydrogens is 913 g/mol. The van der Waals surface area contributed by atoms with Gasteiger partial charge in [0.1, 0.15) is 49.4 Å². The van der Waals surface area contributed by atoms with Crippen LogP contribution in [0.15, 0.2) is 205 Å². The molecule has 0 fully saturated rings. The van der Waals surface area contributed by atoms with E-state index in [1.54, 1.807) is 40.6 Å². The fraction of sp³-hybridized carbons (Fsp3) is 0.133. The molecule has 0 bridgehead atoms. The summed E-state index contributed by atoms with van der Waals surface area (Å²) in [6.07, 6.45) is 0. The lowest BCUT2D eigenvalue weighted by molar-refractivity contribution is 0.252. The number of rotatable bonds is 22. The normalized spacial score (nSPS) is 11.6. The molecule has 8 aromatic rings. The van der Waals surface area contributed by atoms with Gasteiger partial charge in [-0.2, -0.15) is 0 Å². The summed E-state index contributed by atoms with van der Waals surface area (Å²) in [5, 5.41) is 2.57. The Morgan fingerprint density at radius 2 is 0.761 bits per heavy atom. The van der Waals surface area contributed by atoms with Gasteiger partial charge in [-0.3, -0.25) is 0 Å². The highest BCUT2D eigenvalue weighted by atomic mass is 32.2. The van der Waals surface area contributed by atoms with E-state index in [1.165, 1.54) is 10.8 Å². The fourth-order valence-corrected chi connectivity index (χ4v) is 9.16. The van der Waals surface area contributed by atoms with E-state index >= 15 is 8.42 Å². The molecule has 0 N–H and O–H groups in total. The van der Waals surface area contributed by atoms with Gasteiger partial charge in [-0.1, -0.05) is 146 Å². The third-order valence-corrected chi connectivity index (χ3v) is 12.6. The van der Waals surface area contributed by atoms with Crippen LogP contribution >= 0.6 is 0 Å². The van der Waals surface area contributed by atoms with E-state index in [9.17, 15) is 0 Å². The van der Waals surface area contributed by atoms with Crippen LogP contribution in [0.1, 0.15) is 44.5 Å². The van der Waals surface area contributed by atoms with E-state index in [-0.39, 0.29) is 26.4 Å². The second-order valence-corrected chi connectivity index (χ2v) is 17.8. The van der Waals surface area contributed by atoms with Crippen LogP contribution in [0.2, 0.25) is 0 Å². The summed E-state index contributed by atoms with van der Waals surface area (Å²) in [5.41, 5.74) is 6.34. The Kier molecular flexibility index (Phi) is 16.4. The van der Waals surface area contributed by atoms with Crippen LogP contribution in [0.3, 0.4) is 0 Å². The van der Waals surface area contributed by atoms with Crippen molar-refractivity contribution in [3.63, 3.8) is 0 Å². The van der Waals surface area contributed by atoms with Crippen LogP contribution in [0.25, 0.3) is 11.1 Å². The van der Waals surface area contributed by atoms with Crippen LogP contribution in [0.4, 0.5) is 0 Å². The van der Waals surface area contributed by atoms with Crippen molar-refractivity contribution in [2.75, 3.05) is 28.4 Å². The molecule has 71 heavy (non-hydrogen) atoms. The van der Waals surface area contributed by atoms with Crippen LogP contribution in [0, 0.1) is 0 Å². The maximum Gasteiger partial charge on any atom is 0.194 e. The summed E-state index contributed by atoms with van der Waals surface area (Å²) in [6.45, 7) is 0.556. The molecular formula is C60H54O10S. The highest BCUT2D eigenvalue weighted by Gasteiger charge is 2.23. The molecule has 0 aromatic heterocycles. The molecule has 360 valence electrons. The molecule has 0 amide bonds. The third kappa shape index (κ3) is 12.6. The van der Waals surface area contributed by atoms with Gasteiger partial charge in [-0.15, -0.1) is 0 Å². The van der Waals surface area contributed by atoms with Crippen LogP contribution in [-0.2, 0) is 36.3 Å².